The summed E-state index contributed by atoms with van der Waals surface area (Å²) >= 11 is 1.53. The molecule has 0 spiro atoms. The van der Waals surface area contributed by atoms with Gasteiger partial charge in [0.05, 0.1) is 18.4 Å². The Labute approximate surface area is 144 Å². The summed E-state index contributed by atoms with van der Waals surface area (Å²) in [6.45, 7) is 3.88. The summed E-state index contributed by atoms with van der Waals surface area (Å²) < 4.78 is 1.93. The Morgan fingerprint density at radius 1 is 1.21 bits per heavy atom. The molecule has 0 radical (unpaired) electrons. The minimum absolute atomic E-state index is 0.114. The normalized spacial score (nSPS) is 13.2. The van der Waals surface area contributed by atoms with Gasteiger partial charge < -0.3 is 15.2 Å². The predicted molar refractivity (Wildman–Crippen MR) is 94.2 cm³/mol. The Balaban J connectivity index is 1.63. The third-order valence-corrected chi connectivity index (χ3v) is 4.65. The van der Waals surface area contributed by atoms with Crippen molar-refractivity contribution in [3.8, 4) is 5.69 Å². The number of thiazole rings is 1. The van der Waals surface area contributed by atoms with Crippen molar-refractivity contribution in [2.45, 2.75) is 25.9 Å². The van der Waals surface area contributed by atoms with Crippen LogP contribution in [-0.4, -0.2) is 20.6 Å². The second kappa shape index (κ2) is 7.27. The van der Waals surface area contributed by atoms with Crippen molar-refractivity contribution in [3.63, 3.8) is 0 Å². The Morgan fingerprint density at radius 3 is 2.75 bits per heavy atom. The van der Waals surface area contributed by atoms with Crippen LogP contribution in [0.3, 0.4) is 0 Å². The molecular formula is C17H19N5OS. The molecule has 0 aliphatic heterocycles. The molecule has 2 aromatic heterocycles. The van der Waals surface area contributed by atoms with Crippen LogP contribution < -0.4 is 10.6 Å². The van der Waals surface area contributed by atoms with Gasteiger partial charge in [0.1, 0.15) is 5.01 Å². The van der Waals surface area contributed by atoms with Crippen LogP contribution in [-0.2, 0) is 0 Å². The van der Waals surface area contributed by atoms with Crippen LogP contribution in [0.25, 0.3) is 5.69 Å². The van der Waals surface area contributed by atoms with E-state index in [4.69, 9.17) is 0 Å². The first-order valence-electron chi connectivity index (χ1n) is 7.68. The molecule has 124 valence electrons. The first-order chi connectivity index (χ1) is 11.6. The number of nitrogens with one attached hydrogen (secondary N) is 2. The number of aromatic nitrogens is 3. The molecule has 0 aliphatic rings. The summed E-state index contributed by atoms with van der Waals surface area (Å²) in [6, 6.07) is 7.57. The largest absolute Gasteiger partial charge is 0.332 e. The highest BCUT2D eigenvalue weighted by atomic mass is 32.1. The highest BCUT2D eigenvalue weighted by Crippen LogP contribution is 2.18. The van der Waals surface area contributed by atoms with Crippen LogP contribution in [0.4, 0.5) is 4.79 Å². The molecule has 0 unspecified atom stereocenters. The van der Waals surface area contributed by atoms with E-state index >= 15 is 0 Å². The number of carbonyl (C=O) groups is 1. The zero-order valence-corrected chi connectivity index (χ0v) is 14.3. The monoisotopic (exact) mass is 341 g/mol. The average molecular weight is 341 g/mol. The number of carbonyl (C=O) groups excluding carboxylic acids is 1. The van der Waals surface area contributed by atoms with E-state index in [2.05, 4.69) is 20.6 Å². The van der Waals surface area contributed by atoms with Crippen molar-refractivity contribution >= 4 is 17.4 Å². The van der Waals surface area contributed by atoms with E-state index in [0.717, 1.165) is 16.3 Å². The maximum atomic E-state index is 12.2. The van der Waals surface area contributed by atoms with Gasteiger partial charge in [-0.1, -0.05) is 12.1 Å². The van der Waals surface area contributed by atoms with Gasteiger partial charge in [0.15, 0.2) is 0 Å². The van der Waals surface area contributed by atoms with Gasteiger partial charge in [0.2, 0.25) is 0 Å². The van der Waals surface area contributed by atoms with Crippen LogP contribution in [0.5, 0.6) is 0 Å². The Bertz CT molecular complexity index is 785. The molecule has 3 rings (SSSR count). The molecule has 2 heterocycles. The summed E-state index contributed by atoms with van der Waals surface area (Å²) in [5.41, 5.74) is 2.04. The fourth-order valence-electron chi connectivity index (χ4n) is 2.39. The Hall–Kier alpha value is -2.67. The molecule has 1 aromatic carbocycles. The minimum Gasteiger partial charge on any atom is -0.332 e. The summed E-state index contributed by atoms with van der Waals surface area (Å²) in [4.78, 5) is 20.5. The molecule has 2 N–H and O–H groups in total. The summed E-state index contributed by atoms with van der Waals surface area (Å²) in [5, 5.41) is 8.66. The van der Waals surface area contributed by atoms with E-state index in [1.807, 2.05) is 54.3 Å². The molecule has 6 nitrogen and oxygen atoms in total. The van der Waals surface area contributed by atoms with Gasteiger partial charge in [-0.05, 0) is 31.5 Å². The van der Waals surface area contributed by atoms with Crippen molar-refractivity contribution in [2.75, 3.05) is 0 Å². The third-order valence-electron chi connectivity index (χ3n) is 3.69. The van der Waals surface area contributed by atoms with Crippen molar-refractivity contribution in [1.82, 2.24) is 25.2 Å². The number of hydrogen-bond donors (Lipinski definition) is 2. The number of benzene rings is 1. The van der Waals surface area contributed by atoms with E-state index < -0.39 is 0 Å². The van der Waals surface area contributed by atoms with Crippen LogP contribution in [0.2, 0.25) is 0 Å². The Morgan fingerprint density at radius 2 is 2.04 bits per heavy atom. The molecule has 0 aliphatic carbocycles. The lowest BCUT2D eigenvalue weighted by molar-refractivity contribution is 0.235. The lowest BCUT2D eigenvalue weighted by Gasteiger charge is -2.18. The van der Waals surface area contributed by atoms with Crippen LogP contribution in [0, 0.1) is 0 Å². The number of hydrogen-bond acceptors (Lipinski definition) is 4. The van der Waals surface area contributed by atoms with Crippen LogP contribution in [0.1, 0.15) is 36.5 Å². The lowest BCUT2D eigenvalue weighted by Crippen LogP contribution is -2.38. The fraction of sp³-hybridized carbons (Fsp3) is 0.235. The zero-order valence-electron chi connectivity index (χ0n) is 13.5. The fourth-order valence-corrected chi connectivity index (χ4v) is 3.04. The van der Waals surface area contributed by atoms with Crippen LogP contribution in [0.15, 0.2) is 54.6 Å². The topological polar surface area (TPSA) is 71.8 Å². The third kappa shape index (κ3) is 3.80. The highest BCUT2D eigenvalue weighted by Gasteiger charge is 2.14. The van der Waals surface area contributed by atoms with Crippen molar-refractivity contribution in [2.24, 2.45) is 0 Å². The summed E-state index contributed by atoms with van der Waals surface area (Å²) in [6.07, 6.45) is 7.11. The first kappa shape index (κ1) is 16.2. The number of nitrogens with zero attached hydrogens (tertiary/aromatic N) is 3. The predicted octanol–water partition coefficient (Wildman–Crippen LogP) is 3.45. The molecule has 0 saturated carbocycles. The van der Waals surface area contributed by atoms with Gasteiger partial charge in [-0.15, -0.1) is 11.3 Å². The van der Waals surface area contributed by atoms with Crippen molar-refractivity contribution < 1.29 is 4.79 Å². The lowest BCUT2D eigenvalue weighted by atomic mass is 10.1. The van der Waals surface area contributed by atoms with Gasteiger partial charge in [-0.3, -0.25) is 0 Å². The average Bonchev–Trinajstić information content (AvgIpc) is 3.28. The quantitative estimate of drug-likeness (QED) is 0.746. The molecule has 0 bridgehead atoms. The summed E-state index contributed by atoms with van der Waals surface area (Å²) in [5.74, 6) is 0. The van der Waals surface area contributed by atoms with E-state index in [1.165, 1.54) is 11.3 Å². The molecule has 0 fully saturated rings. The number of urea groups is 1. The smallest absolute Gasteiger partial charge is 0.315 e. The first-order valence-corrected chi connectivity index (χ1v) is 8.56. The molecule has 3 aromatic rings. The van der Waals surface area contributed by atoms with Crippen LogP contribution >= 0.6 is 11.3 Å². The Kier molecular flexibility index (Phi) is 4.90. The minimum atomic E-state index is -0.210. The van der Waals surface area contributed by atoms with E-state index in [-0.39, 0.29) is 18.1 Å². The molecular weight excluding hydrogens is 322 g/mol. The second-order valence-electron chi connectivity index (χ2n) is 5.50. The molecule has 2 atom stereocenters. The standard InChI is InChI=1S/C17H19N5OS/c1-12(20-17(23)21-13(2)16-19-7-9-24-16)14-4-3-5-15(10-14)22-8-6-18-11-22/h3-13H,1-2H3,(H2,20,21,23)/t12-,13+/m0/s1. The van der Waals surface area contributed by atoms with Gasteiger partial charge in [0, 0.05) is 29.7 Å². The molecule has 7 heteroatoms. The maximum Gasteiger partial charge on any atom is 0.315 e. The van der Waals surface area contributed by atoms with Crippen molar-refractivity contribution in [1.29, 1.82) is 0 Å². The van der Waals surface area contributed by atoms with Gasteiger partial charge in [-0.25, -0.2) is 14.8 Å². The maximum absolute atomic E-state index is 12.2. The highest BCUT2D eigenvalue weighted by molar-refractivity contribution is 7.09. The van der Waals surface area contributed by atoms with E-state index in [0.29, 0.717) is 0 Å². The number of rotatable bonds is 5. The van der Waals surface area contributed by atoms with Gasteiger partial charge >= 0.3 is 6.03 Å². The van der Waals surface area contributed by atoms with Gasteiger partial charge in [-0.2, -0.15) is 0 Å². The molecule has 24 heavy (non-hydrogen) atoms. The number of imidazole rings is 1. The zero-order chi connectivity index (χ0) is 16.9. The second-order valence-corrected chi connectivity index (χ2v) is 6.42. The van der Waals surface area contributed by atoms with E-state index in [1.54, 1.807) is 18.7 Å². The summed E-state index contributed by atoms with van der Waals surface area (Å²) in [7, 11) is 0. The SMILES string of the molecule is C[C@H](NC(=O)N[C@H](C)c1nccs1)c1cccc(-n2ccnc2)c1. The van der Waals surface area contributed by atoms with E-state index in [9.17, 15) is 4.79 Å². The number of amides is 2. The molecule has 0 saturated heterocycles. The van der Waals surface area contributed by atoms with Gasteiger partial charge in [0.25, 0.3) is 0 Å². The molecule has 2 amide bonds. The van der Waals surface area contributed by atoms with Crippen molar-refractivity contribution in [3.05, 3.63) is 65.1 Å².